The Bertz CT molecular complexity index is 651. The summed E-state index contributed by atoms with van der Waals surface area (Å²) in [6.45, 7) is 2.99. The van der Waals surface area contributed by atoms with Crippen molar-refractivity contribution in [1.29, 1.82) is 0 Å². The summed E-state index contributed by atoms with van der Waals surface area (Å²) in [4.78, 5) is 0. The van der Waals surface area contributed by atoms with E-state index in [1.807, 2.05) is 45.5 Å². The second kappa shape index (κ2) is 10.4. The highest BCUT2D eigenvalue weighted by atomic mass is 32.9. The third-order valence-corrected chi connectivity index (χ3v) is 30.6. The molecule has 16 heteroatoms. The molecule has 0 aliphatic carbocycles. The topological polar surface area (TPSA) is 36.9 Å². The zero-order valence-corrected chi connectivity index (χ0v) is 25.8. The summed E-state index contributed by atoms with van der Waals surface area (Å²) in [6, 6.07) is 0. The maximum atomic E-state index is 6.17. The largest absolute Gasteiger partial charge is 0.340 e. The van der Waals surface area contributed by atoms with Gasteiger partial charge < -0.3 is 18.1 Å². The van der Waals surface area contributed by atoms with Crippen LogP contribution in [-0.4, -0.2) is 74.1 Å². The van der Waals surface area contributed by atoms with Crippen LogP contribution >= 0.6 is 67.4 Å². The third kappa shape index (κ3) is 6.96. The Morgan fingerprint density at radius 2 is 0.759 bits per heavy atom. The summed E-state index contributed by atoms with van der Waals surface area (Å²) in [7, 11) is 0. The van der Waals surface area contributed by atoms with Crippen LogP contribution in [0, 0.1) is 5.41 Å². The average Bonchev–Trinajstić information content (AvgIpc) is 3.39. The summed E-state index contributed by atoms with van der Waals surface area (Å²) in [5.41, 5.74) is -8.12. The molecule has 0 N–H and O–H groups in total. The fourth-order valence-corrected chi connectivity index (χ4v) is 31.6. The van der Waals surface area contributed by atoms with Gasteiger partial charge in [0.05, 0.1) is 26.4 Å². The van der Waals surface area contributed by atoms with E-state index in [0.29, 0.717) is 0 Å². The number of rotatable bonds is 8. The Balaban J connectivity index is 1.71. The van der Waals surface area contributed by atoms with E-state index in [4.69, 9.17) is 65.3 Å². The van der Waals surface area contributed by atoms with Gasteiger partial charge in [-0.25, -0.2) is 0 Å². The minimum absolute atomic E-state index is 0.195. The summed E-state index contributed by atoms with van der Waals surface area (Å²) < 4.78 is 24.7. The number of hydrogen-bond donors (Lipinski definition) is 0. The van der Waals surface area contributed by atoms with Crippen molar-refractivity contribution in [3.05, 3.63) is 0 Å². The molecule has 0 radical (unpaired) electrons. The van der Waals surface area contributed by atoms with Crippen molar-refractivity contribution in [1.82, 2.24) is 0 Å². The van der Waals surface area contributed by atoms with Gasteiger partial charge in [0.2, 0.25) is 0 Å². The van der Waals surface area contributed by atoms with Crippen LogP contribution < -0.4 is 0 Å². The lowest BCUT2D eigenvalue weighted by molar-refractivity contribution is 0.355. The van der Waals surface area contributed by atoms with Gasteiger partial charge >= 0.3 is 0 Å². The fourth-order valence-electron chi connectivity index (χ4n) is 3.87. The normalized spacial score (nSPS) is 45.0. The van der Waals surface area contributed by atoms with Crippen LogP contribution in [0.15, 0.2) is 0 Å². The zero-order valence-electron chi connectivity index (χ0n) is 15.7. The van der Waals surface area contributed by atoms with Gasteiger partial charge in [-0.3, -0.25) is 0 Å². The molecule has 4 aliphatic heterocycles. The average molecular weight is 625 g/mol. The summed E-state index contributed by atoms with van der Waals surface area (Å²) >= 11 is 31.7. The lowest BCUT2D eigenvalue weighted by Crippen LogP contribution is -2.36. The van der Waals surface area contributed by atoms with Gasteiger partial charge in [-0.15, -0.1) is 0 Å². The highest BCUT2D eigenvalue weighted by Crippen LogP contribution is 2.78. The van der Waals surface area contributed by atoms with Crippen LogP contribution in [0.3, 0.4) is 0 Å². The van der Waals surface area contributed by atoms with E-state index in [-0.39, 0.29) is 5.41 Å². The molecule has 0 amide bonds. The molecule has 0 aromatic heterocycles. The summed E-state index contributed by atoms with van der Waals surface area (Å²) in [5, 5.41) is 0. The first-order valence-electron chi connectivity index (χ1n) is 9.18. The predicted molar refractivity (Wildman–Crippen MR) is 153 cm³/mol. The monoisotopic (exact) mass is 624 g/mol. The van der Waals surface area contributed by atoms with Gasteiger partial charge in [0.1, 0.15) is 21.9 Å². The first-order chi connectivity index (χ1) is 13.7. The molecule has 0 bridgehead atoms. The molecule has 0 spiro atoms. The van der Waals surface area contributed by atoms with E-state index >= 15 is 0 Å². The lowest BCUT2D eigenvalue weighted by atomic mass is 9.99. The summed E-state index contributed by atoms with van der Waals surface area (Å²) in [5.74, 6) is 3.91. The fraction of sp³-hybridized carbons (Fsp3) is 1.00. The van der Waals surface area contributed by atoms with Crippen molar-refractivity contribution in [3.63, 3.8) is 0 Å². The van der Waals surface area contributed by atoms with Crippen molar-refractivity contribution in [2.24, 2.45) is 5.41 Å². The van der Waals surface area contributed by atoms with E-state index in [1.165, 1.54) is 0 Å². The van der Waals surface area contributed by atoms with E-state index in [9.17, 15) is 0 Å². The molecule has 4 nitrogen and oxygen atoms in total. The molecule has 29 heavy (non-hydrogen) atoms. The molecule has 4 fully saturated rings. The standard InChI is InChI=1S/C13H24O4P4S8/c22-18(14-1-5-26-18)9-13(10-19(23)15-2-6-27-19,11-20(24)16-3-7-28-20)12-21(25)17-4-8-29-21/h1-12H2. The lowest BCUT2D eigenvalue weighted by Gasteiger charge is -2.42. The van der Waals surface area contributed by atoms with Crippen molar-refractivity contribution < 1.29 is 18.1 Å². The Kier molecular flexibility index (Phi) is 9.34. The van der Waals surface area contributed by atoms with Gasteiger partial charge in [0, 0.05) is 53.1 Å². The maximum Gasteiger partial charge on any atom is 0.120 e. The molecule has 4 atom stereocenters. The minimum Gasteiger partial charge on any atom is -0.340 e. The van der Waals surface area contributed by atoms with Crippen molar-refractivity contribution in [2.75, 3.05) is 74.1 Å². The molecular formula is C13H24O4P4S8. The molecule has 4 unspecified atom stereocenters. The second-order valence-electron chi connectivity index (χ2n) is 7.24. The van der Waals surface area contributed by atoms with Crippen LogP contribution in [0.4, 0.5) is 0 Å². The second-order valence-corrected chi connectivity index (χ2v) is 37.1. The van der Waals surface area contributed by atoms with Gasteiger partial charge in [-0.1, -0.05) is 92.8 Å². The highest BCUT2D eigenvalue weighted by molar-refractivity contribution is 8.71. The Hall–Kier alpha value is 3.84. The van der Waals surface area contributed by atoms with Crippen LogP contribution in [0.1, 0.15) is 0 Å². The number of hydrogen-bond acceptors (Lipinski definition) is 12. The first-order valence-corrected chi connectivity index (χ1v) is 27.2. The predicted octanol–water partition coefficient (Wildman–Crippen LogP) is 6.26. The molecule has 0 saturated carbocycles. The molecule has 4 saturated heterocycles. The van der Waals surface area contributed by atoms with E-state index < -0.39 is 21.9 Å². The Morgan fingerprint density at radius 1 is 0.517 bits per heavy atom. The third-order valence-electron chi connectivity index (χ3n) is 4.75. The van der Waals surface area contributed by atoms with Crippen LogP contribution in [-0.2, 0) is 65.3 Å². The quantitative estimate of drug-likeness (QED) is 0.286. The molecule has 4 aliphatic rings. The molecule has 0 aromatic rings. The van der Waals surface area contributed by atoms with Crippen molar-refractivity contribution in [3.8, 4) is 0 Å². The Morgan fingerprint density at radius 3 is 0.931 bits per heavy atom. The highest BCUT2D eigenvalue weighted by Gasteiger charge is 2.50. The van der Waals surface area contributed by atoms with E-state index in [0.717, 1.165) is 74.1 Å². The molecular weight excluding hydrogens is 601 g/mol. The van der Waals surface area contributed by atoms with Gasteiger partial charge in [0.25, 0.3) is 0 Å². The SMILES string of the molecule is S=P1(CC(CP2(=S)OCCS2)(CP2(=S)OCCS2)CP2(=S)OCCS2)OCCS1. The first kappa shape index (κ1) is 25.9. The van der Waals surface area contributed by atoms with Crippen LogP contribution in [0.25, 0.3) is 0 Å². The van der Waals surface area contributed by atoms with Gasteiger partial charge in [0.15, 0.2) is 0 Å². The zero-order chi connectivity index (χ0) is 20.6. The molecule has 4 rings (SSSR count). The van der Waals surface area contributed by atoms with Crippen LogP contribution in [0.2, 0.25) is 0 Å². The molecule has 4 heterocycles. The van der Waals surface area contributed by atoms with Crippen LogP contribution in [0.5, 0.6) is 0 Å². The minimum atomic E-state index is -1.98. The van der Waals surface area contributed by atoms with Gasteiger partial charge in [-0.05, 0) is 0 Å². The van der Waals surface area contributed by atoms with Crippen molar-refractivity contribution in [2.45, 2.75) is 0 Å². The van der Waals surface area contributed by atoms with E-state index in [2.05, 4.69) is 0 Å². The molecule has 168 valence electrons. The smallest absolute Gasteiger partial charge is 0.120 e. The van der Waals surface area contributed by atoms with E-state index in [1.54, 1.807) is 0 Å². The van der Waals surface area contributed by atoms with Gasteiger partial charge in [-0.2, -0.15) is 0 Å². The molecule has 0 aromatic carbocycles. The maximum absolute atomic E-state index is 6.17. The Labute approximate surface area is 210 Å². The summed E-state index contributed by atoms with van der Waals surface area (Å²) in [6.07, 6.45) is 3.31. The van der Waals surface area contributed by atoms with Crippen molar-refractivity contribution >= 4 is 115 Å².